The Morgan fingerprint density at radius 1 is 0.812 bits per heavy atom. The fourth-order valence-corrected chi connectivity index (χ4v) is 4.91. The minimum Gasteiger partial charge on any atom is -0.494 e. The van der Waals surface area contributed by atoms with Crippen molar-refractivity contribution in [3.8, 4) is 11.5 Å². The zero-order valence-corrected chi connectivity index (χ0v) is 20.0. The van der Waals surface area contributed by atoms with Crippen LogP contribution in [-0.2, 0) is 6.42 Å². The number of hydrogen-bond donors (Lipinski definition) is 0. The SMILES string of the molecule is CCCCc1ccc(OC(=O)c2ccc(OCCCC3CCCCC3CCC)cc2)cc1. The van der Waals surface area contributed by atoms with E-state index in [1.807, 2.05) is 36.4 Å². The number of aryl methyl sites for hydroxylation is 1. The molecule has 0 N–H and O–H groups in total. The quantitative estimate of drug-likeness (QED) is 0.192. The predicted octanol–water partition coefficient (Wildman–Crippen LogP) is 8.01. The molecule has 2 atom stereocenters. The van der Waals surface area contributed by atoms with Gasteiger partial charge in [0.1, 0.15) is 11.5 Å². The first-order valence-electron chi connectivity index (χ1n) is 12.7. The van der Waals surface area contributed by atoms with E-state index < -0.39 is 0 Å². The Labute approximate surface area is 194 Å². The molecule has 2 aromatic rings. The lowest BCUT2D eigenvalue weighted by molar-refractivity contribution is 0.0734. The summed E-state index contributed by atoms with van der Waals surface area (Å²) < 4.78 is 11.5. The summed E-state index contributed by atoms with van der Waals surface area (Å²) in [6, 6.07) is 15.1. The molecule has 0 spiro atoms. The van der Waals surface area contributed by atoms with Crippen LogP contribution in [0.25, 0.3) is 0 Å². The Morgan fingerprint density at radius 2 is 1.47 bits per heavy atom. The molecule has 0 aromatic heterocycles. The smallest absolute Gasteiger partial charge is 0.343 e. The minimum atomic E-state index is -0.336. The second-order valence-corrected chi connectivity index (χ2v) is 9.25. The summed E-state index contributed by atoms with van der Waals surface area (Å²) in [6.45, 7) is 5.23. The molecule has 3 heteroatoms. The highest BCUT2D eigenvalue weighted by atomic mass is 16.5. The van der Waals surface area contributed by atoms with Crippen molar-refractivity contribution in [2.45, 2.75) is 84.5 Å². The van der Waals surface area contributed by atoms with Crippen LogP contribution < -0.4 is 9.47 Å². The molecule has 174 valence electrons. The van der Waals surface area contributed by atoms with Crippen LogP contribution in [0.3, 0.4) is 0 Å². The molecule has 2 aromatic carbocycles. The van der Waals surface area contributed by atoms with Crippen molar-refractivity contribution < 1.29 is 14.3 Å². The largest absolute Gasteiger partial charge is 0.494 e. The molecule has 32 heavy (non-hydrogen) atoms. The van der Waals surface area contributed by atoms with Crippen LogP contribution in [0.5, 0.6) is 11.5 Å². The second kappa shape index (κ2) is 13.3. The van der Waals surface area contributed by atoms with Crippen molar-refractivity contribution in [3.05, 3.63) is 59.7 Å². The van der Waals surface area contributed by atoms with Crippen molar-refractivity contribution in [2.24, 2.45) is 11.8 Å². The van der Waals surface area contributed by atoms with E-state index in [1.165, 1.54) is 63.4 Å². The molecule has 0 amide bonds. The molecule has 0 aliphatic heterocycles. The van der Waals surface area contributed by atoms with Crippen LogP contribution in [0.1, 0.15) is 94.0 Å². The van der Waals surface area contributed by atoms with Gasteiger partial charge >= 0.3 is 5.97 Å². The summed E-state index contributed by atoms with van der Waals surface area (Å²) in [5.74, 6) is 2.86. The number of hydrogen-bond acceptors (Lipinski definition) is 3. The van der Waals surface area contributed by atoms with Crippen molar-refractivity contribution >= 4 is 5.97 Å². The molecular weight excluding hydrogens is 396 g/mol. The average Bonchev–Trinajstić information content (AvgIpc) is 2.83. The standard InChI is InChI=1S/C29H40O3/c1-3-5-10-23-14-18-28(19-15-23)32-29(30)26-16-20-27(21-17-26)31-22-8-13-25-12-7-6-11-24(25)9-4-2/h14-21,24-25H,3-13,22H2,1-2H3. The molecule has 3 rings (SSSR count). The van der Waals surface area contributed by atoms with E-state index in [4.69, 9.17) is 9.47 Å². The van der Waals surface area contributed by atoms with Gasteiger partial charge in [0.25, 0.3) is 0 Å². The van der Waals surface area contributed by atoms with E-state index in [0.29, 0.717) is 11.3 Å². The van der Waals surface area contributed by atoms with Gasteiger partial charge in [0, 0.05) is 0 Å². The molecule has 1 saturated carbocycles. The van der Waals surface area contributed by atoms with Gasteiger partial charge in [-0.15, -0.1) is 0 Å². The summed E-state index contributed by atoms with van der Waals surface area (Å²) in [6.07, 6.45) is 14.1. The molecule has 0 heterocycles. The maximum absolute atomic E-state index is 12.4. The maximum Gasteiger partial charge on any atom is 0.343 e. The lowest BCUT2D eigenvalue weighted by Crippen LogP contribution is -2.20. The van der Waals surface area contributed by atoms with E-state index in [9.17, 15) is 4.79 Å². The van der Waals surface area contributed by atoms with Gasteiger partial charge in [-0.05, 0) is 79.5 Å². The summed E-state index contributed by atoms with van der Waals surface area (Å²) in [7, 11) is 0. The minimum absolute atomic E-state index is 0.336. The highest BCUT2D eigenvalue weighted by molar-refractivity contribution is 5.91. The van der Waals surface area contributed by atoms with E-state index in [-0.39, 0.29) is 5.97 Å². The molecule has 0 radical (unpaired) electrons. The van der Waals surface area contributed by atoms with Gasteiger partial charge in [0.05, 0.1) is 12.2 Å². The van der Waals surface area contributed by atoms with Crippen LogP contribution in [0.15, 0.2) is 48.5 Å². The van der Waals surface area contributed by atoms with Gasteiger partial charge in [-0.25, -0.2) is 4.79 Å². The normalized spacial score (nSPS) is 18.3. The fraction of sp³-hybridized carbons (Fsp3) is 0.552. The van der Waals surface area contributed by atoms with Crippen LogP contribution in [0, 0.1) is 11.8 Å². The average molecular weight is 437 g/mol. The first-order valence-corrected chi connectivity index (χ1v) is 12.7. The highest BCUT2D eigenvalue weighted by Gasteiger charge is 2.23. The Kier molecular flexibility index (Phi) is 10.1. The monoisotopic (exact) mass is 436 g/mol. The lowest BCUT2D eigenvalue weighted by atomic mass is 9.75. The molecule has 0 bridgehead atoms. The number of unbranched alkanes of at least 4 members (excludes halogenated alkanes) is 1. The summed E-state index contributed by atoms with van der Waals surface area (Å²) in [5, 5.41) is 0. The zero-order valence-electron chi connectivity index (χ0n) is 20.0. The topological polar surface area (TPSA) is 35.5 Å². The third-order valence-electron chi connectivity index (χ3n) is 6.76. The van der Waals surface area contributed by atoms with E-state index in [0.717, 1.165) is 37.0 Å². The number of carbonyl (C=O) groups excluding carboxylic acids is 1. The predicted molar refractivity (Wildman–Crippen MR) is 132 cm³/mol. The molecule has 1 aliphatic carbocycles. The lowest BCUT2D eigenvalue weighted by Gasteiger charge is -2.31. The molecule has 1 fully saturated rings. The van der Waals surface area contributed by atoms with E-state index in [2.05, 4.69) is 13.8 Å². The fourth-order valence-electron chi connectivity index (χ4n) is 4.91. The van der Waals surface area contributed by atoms with Crippen molar-refractivity contribution in [3.63, 3.8) is 0 Å². The molecule has 2 unspecified atom stereocenters. The number of ether oxygens (including phenoxy) is 2. The van der Waals surface area contributed by atoms with Gasteiger partial charge in [0.15, 0.2) is 0 Å². The summed E-state index contributed by atoms with van der Waals surface area (Å²) in [4.78, 5) is 12.4. The molecule has 3 nitrogen and oxygen atoms in total. The molecule has 0 saturated heterocycles. The van der Waals surface area contributed by atoms with E-state index in [1.54, 1.807) is 12.1 Å². The van der Waals surface area contributed by atoms with Crippen LogP contribution >= 0.6 is 0 Å². The molecular formula is C29H40O3. The summed E-state index contributed by atoms with van der Waals surface area (Å²) >= 11 is 0. The molecule has 1 aliphatic rings. The first kappa shape index (κ1) is 24.4. The van der Waals surface area contributed by atoms with Gasteiger partial charge in [-0.3, -0.25) is 0 Å². The summed E-state index contributed by atoms with van der Waals surface area (Å²) in [5.41, 5.74) is 1.81. The zero-order chi connectivity index (χ0) is 22.6. The van der Waals surface area contributed by atoms with Crippen molar-refractivity contribution in [1.29, 1.82) is 0 Å². The number of carbonyl (C=O) groups is 1. The number of rotatable bonds is 12. The van der Waals surface area contributed by atoms with Gasteiger partial charge in [-0.2, -0.15) is 0 Å². The Hall–Kier alpha value is -2.29. The Bertz CT molecular complexity index is 792. The van der Waals surface area contributed by atoms with E-state index >= 15 is 0 Å². The van der Waals surface area contributed by atoms with Gasteiger partial charge < -0.3 is 9.47 Å². The van der Waals surface area contributed by atoms with Gasteiger partial charge in [-0.1, -0.05) is 70.9 Å². The first-order chi connectivity index (χ1) is 15.7. The van der Waals surface area contributed by atoms with Crippen LogP contribution in [0.2, 0.25) is 0 Å². The highest BCUT2D eigenvalue weighted by Crippen LogP contribution is 2.36. The maximum atomic E-state index is 12.4. The third kappa shape index (κ3) is 7.69. The second-order valence-electron chi connectivity index (χ2n) is 9.25. The third-order valence-corrected chi connectivity index (χ3v) is 6.76. The van der Waals surface area contributed by atoms with Crippen LogP contribution in [0.4, 0.5) is 0 Å². The Balaban J connectivity index is 1.40. The van der Waals surface area contributed by atoms with Crippen molar-refractivity contribution in [2.75, 3.05) is 6.61 Å². The number of benzene rings is 2. The van der Waals surface area contributed by atoms with Crippen LogP contribution in [-0.4, -0.2) is 12.6 Å². The Morgan fingerprint density at radius 3 is 2.12 bits per heavy atom. The number of esters is 1. The van der Waals surface area contributed by atoms with Crippen molar-refractivity contribution in [1.82, 2.24) is 0 Å². The van der Waals surface area contributed by atoms with Gasteiger partial charge in [0.2, 0.25) is 0 Å².